The third kappa shape index (κ3) is 2.24. The van der Waals surface area contributed by atoms with E-state index in [-0.39, 0.29) is 17.9 Å². The number of ether oxygens (including phenoxy) is 1. The van der Waals surface area contributed by atoms with Crippen LogP contribution in [-0.4, -0.2) is 21.3 Å². The monoisotopic (exact) mass is 383 g/mol. The number of rotatable bonds is 2. The number of nitrogens with zero attached hydrogens (tertiary/aromatic N) is 2. The molecule has 28 heavy (non-hydrogen) atoms. The molecule has 4 aromatic rings. The zero-order valence-corrected chi connectivity index (χ0v) is 15.0. The Balaban J connectivity index is 1.79. The number of nitrogens with one attached hydrogen (secondary N) is 1. The molecule has 0 saturated heterocycles. The van der Waals surface area contributed by atoms with Crippen LogP contribution in [0.5, 0.6) is 5.75 Å². The Kier molecular flexibility index (Phi) is 3.46. The first-order valence-corrected chi connectivity index (χ1v) is 8.74. The van der Waals surface area contributed by atoms with Gasteiger partial charge in [0.2, 0.25) is 0 Å². The third-order valence-electron chi connectivity index (χ3n) is 5.15. The molecule has 6 nitrogen and oxygen atoms in total. The molecular formula is C20H15F2N3O3. The number of aromatic nitrogens is 3. The summed E-state index contributed by atoms with van der Waals surface area (Å²) in [5.74, 6) is -0.261. The van der Waals surface area contributed by atoms with E-state index in [0.29, 0.717) is 28.2 Å². The predicted molar refractivity (Wildman–Crippen MR) is 97.5 cm³/mol. The number of H-pyrrole nitrogens is 1. The van der Waals surface area contributed by atoms with Crippen molar-refractivity contribution in [3.63, 3.8) is 0 Å². The van der Waals surface area contributed by atoms with Crippen molar-refractivity contribution in [2.24, 2.45) is 0 Å². The molecule has 1 aliphatic rings. The van der Waals surface area contributed by atoms with E-state index in [0.717, 1.165) is 17.2 Å². The highest BCUT2D eigenvalue weighted by Crippen LogP contribution is 2.43. The first-order valence-electron chi connectivity index (χ1n) is 8.74. The molecule has 0 spiro atoms. The maximum atomic E-state index is 14.4. The van der Waals surface area contributed by atoms with Gasteiger partial charge in [0, 0.05) is 17.2 Å². The average Bonchev–Trinajstić information content (AvgIpc) is 3.17. The minimum Gasteiger partial charge on any atom is -0.488 e. The largest absolute Gasteiger partial charge is 0.488 e. The van der Waals surface area contributed by atoms with Gasteiger partial charge < -0.3 is 14.2 Å². The number of aryl methyl sites for hydroxylation is 2. The van der Waals surface area contributed by atoms with Crippen molar-refractivity contribution in [1.82, 2.24) is 14.7 Å². The number of halogens is 2. The molecule has 1 aliphatic heterocycles. The fourth-order valence-corrected chi connectivity index (χ4v) is 3.93. The van der Waals surface area contributed by atoms with Crippen LogP contribution in [0.1, 0.15) is 23.1 Å². The van der Waals surface area contributed by atoms with Crippen LogP contribution >= 0.6 is 0 Å². The molecule has 1 atom stereocenters. The van der Waals surface area contributed by atoms with Gasteiger partial charge in [-0.25, -0.2) is 13.6 Å². The summed E-state index contributed by atoms with van der Waals surface area (Å²) in [5, 5.41) is 3.98. The highest BCUT2D eigenvalue weighted by molar-refractivity contribution is 5.92. The summed E-state index contributed by atoms with van der Waals surface area (Å²) in [6, 6.07) is 6.21. The lowest BCUT2D eigenvalue weighted by Gasteiger charge is -2.27. The summed E-state index contributed by atoms with van der Waals surface area (Å²) >= 11 is 0. The van der Waals surface area contributed by atoms with Crippen LogP contribution in [0.4, 0.5) is 8.78 Å². The zero-order chi connectivity index (χ0) is 19.6. The first kappa shape index (κ1) is 16.7. The minimum atomic E-state index is -0.722. The van der Waals surface area contributed by atoms with Crippen molar-refractivity contribution in [2.45, 2.75) is 19.9 Å². The number of aromatic amines is 1. The SMILES string of the molecule is Cc1noc(C)c1-c1ccc2[nH]c(=O)n3c2c1OCC3c1ccc(F)cc1F. The second kappa shape index (κ2) is 5.79. The van der Waals surface area contributed by atoms with Crippen LogP contribution in [0.15, 0.2) is 39.6 Å². The van der Waals surface area contributed by atoms with E-state index in [1.54, 1.807) is 13.0 Å². The normalized spacial score (nSPS) is 15.8. The number of hydrogen-bond acceptors (Lipinski definition) is 4. The molecule has 1 N–H and O–H groups in total. The molecular weight excluding hydrogens is 368 g/mol. The van der Waals surface area contributed by atoms with Gasteiger partial charge in [0.05, 0.1) is 16.8 Å². The van der Waals surface area contributed by atoms with E-state index in [1.165, 1.54) is 16.7 Å². The maximum Gasteiger partial charge on any atom is 0.327 e. The molecule has 8 heteroatoms. The summed E-state index contributed by atoms with van der Waals surface area (Å²) in [6.07, 6.45) is 0. The van der Waals surface area contributed by atoms with Crippen LogP contribution in [-0.2, 0) is 0 Å². The summed E-state index contributed by atoms with van der Waals surface area (Å²) in [6.45, 7) is 3.66. The molecule has 0 aliphatic carbocycles. The molecule has 0 amide bonds. The highest BCUT2D eigenvalue weighted by atomic mass is 19.1. The summed E-state index contributed by atoms with van der Waals surface area (Å²) < 4.78 is 40.5. The number of hydrogen-bond donors (Lipinski definition) is 1. The standard InChI is InChI=1S/C20H15F2N3O3/c1-9-17(10(2)28-24-9)13-5-6-15-18-19(13)27-8-16(25(18)20(26)23-15)12-4-3-11(21)7-14(12)22/h3-7,16H,8H2,1-2H3,(H,23,26). The van der Waals surface area contributed by atoms with Gasteiger partial charge in [-0.3, -0.25) is 4.57 Å². The molecule has 0 fully saturated rings. The predicted octanol–water partition coefficient (Wildman–Crippen LogP) is 3.86. The van der Waals surface area contributed by atoms with Crippen LogP contribution in [0, 0.1) is 25.5 Å². The van der Waals surface area contributed by atoms with Gasteiger partial charge in [-0.1, -0.05) is 11.2 Å². The Hall–Kier alpha value is -3.42. The molecule has 142 valence electrons. The summed E-state index contributed by atoms with van der Waals surface area (Å²) in [7, 11) is 0. The van der Waals surface area contributed by atoms with Crippen molar-refractivity contribution in [3.05, 3.63) is 69.5 Å². The Morgan fingerprint density at radius 2 is 2.04 bits per heavy atom. The van der Waals surface area contributed by atoms with Crippen molar-refractivity contribution in [2.75, 3.05) is 6.61 Å². The first-order chi connectivity index (χ1) is 13.5. The maximum absolute atomic E-state index is 14.4. The molecule has 1 unspecified atom stereocenters. The minimum absolute atomic E-state index is 0.0306. The Morgan fingerprint density at radius 1 is 1.21 bits per heavy atom. The topological polar surface area (TPSA) is 73.0 Å². The molecule has 2 aromatic heterocycles. The molecule has 0 radical (unpaired) electrons. The van der Waals surface area contributed by atoms with Crippen molar-refractivity contribution >= 4 is 11.0 Å². The van der Waals surface area contributed by atoms with Gasteiger partial charge in [0.25, 0.3) is 0 Å². The fraction of sp³-hybridized carbons (Fsp3) is 0.200. The Morgan fingerprint density at radius 3 is 2.75 bits per heavy atom. The second-order valence-corrected chi connectivity index (χ2v) is 6.83. The van der Waals surface area contributed by atoms with E-state index in [1.807, 2.05) is 13.0 Å². The summed E-state index contributed by atoms with van der Waals surface area (Å²) in [5.41, 5.74) is 3.15. The highest BCUT2D eigenvalue weighted by Gasteiger charge is 2.31. The fourth-order valence-electron chi connectivity index (χ4n) is 3.93. The molecule has 3 heterocycles. The lowest BCUT2D eigenvalue weighted by atomic mass is 10.00. The Labute approximate surface area is 157 Å². The van der Waals surface area contributed by atoms with Crippen LogP contribution in [0.2, 0.25) is 0 Å². The van der Waals surface area contributed by atoms with Gasteiger partial charge in [0.1, 0.15) is 35.6 Å². The Bertz CT molecular complexity index is 1280. The van der Waals surface area contributed by atoms with Crippen molar-refractivity contribution in [3.8, 4) is 16.9 Å². The lowest BCUT2D eigenvalue weighted by molar-refractivity contribution is 0.254. The third-order valence-corrected chi connectivity index (χ3v) is 5.15. The molecule has 0 saturated carbocycles. The van der Waals surface area contributed by atoms with Gasteiger partial charge in [0.15, 0.2) is 5.75 Å². The van der Waals surface area contributed by atoms with Gasteiger partial charge in [-0.2, -0.15) is 0 Å². The van der Waals surface area contributed by atoms with Crippen LogP contribution in [0.3, 0.4) is 0 Å². The van der Waals surface area contributed by atoms with E-state index >= 15 is 0 Å². The van der Waals surface area contributed by atoms with Crippen molar-refractivity contribution < 1.29 is 18.0 Å². The van der Waals surface area contributed by atoms with Gasteiger partial charge in [-0.15, -0.1) is 0 Å². The smallest absolute Gasteiger partial charge is 0.327 e. The van der Waals surface area contributed by atoms with Crippen molar-refractivity contribution in [1.29, 1.82) is 0 Å². The van der Waals surface area contributed by atoms with E-state index < -0.39 is 17.7 Å². The lowest BCUT2D eigenvalue weighted by Crippen LogP contribution is -2.31. The quantitative estimate of drug-likeness (QED) is 0.571. The number of benzene rings is 2. The average molecular weight is 383 g/mol. The van der Waals surface area contributed by atoms with E-state index in [2.05, 4.69) is 10.1 Å². The zero-order valence-electron chi connectivity index (χ0n) is 15.0. The number of imidazole rings is 1. The molecule has 0 bridgehead atoms. The van der Waals surface area contributed by atoms with Crippen LogP contribution in [0.25, 0.3) is 22.2 Å². The van der Waals surface area contributed by atoms with E-state index in [4.69, 9.17) is 9.26 Å². The summed E-state index contributed by atoms with van der Waals surface area (Å²) in [4.78, 5) is 15.5. The second-order valence-electron chi connectivity index (χ2n) is 6.83. The van der Waals surface area contributed by atoms with Gasteiger partial charge in [-0.05, 0) is 32.0 Å². The van der Waals surface area contributed by atoms with E-state index in [9.17, 15) is 13.6 Å². The van der Waals surface area contributed by atoms with Gasteiger partial charge >= 0.3 is 5.69 Å². The molecule has 5 rings (SSSR count). The van der Waals surface area contributed by atoms with Crippen LogP contribution < -0.4 is 10.4 Å². The molecule has 2 aromatic carbocycles.